The zero-order valence-corrected chi connectivity index (χ0v) is 14.8. The molecule has 0 fully saturated rings. The summed E-state index contributed by atoms with van der Waals surface area (Å²) in [4.78, 5) is 0. The minimum Gasteiger partial charge on any atom is -0.495 e. The van der Waals surface area contributed by atoms with E-state index in [4.69, 9.17) is 33.3 Å². The monoisotopic (exact) mass is 350 g/mol. The number of halogens is 1. The molecule has 0 atom stereocenters. The first-order valence-corrected chi connectivity index (χ1v) is 7.95. The molecule has 0 aliphatic rings. The van der Waals surface area contributed by atoms with Crippen LogP contribution in [0.4, 0.5) is 11.4 Å². The van der Waals surface area contributed by atoms with Crippen LogP contribution in [-0.2, 0) is 6.42 Å². The number of anilines is 2. The predicted octanol–water partition coefficient (Wildman–Crippen LogP) is 4.73. The van der Waals surface area contributed by atoms with Crippen LogP contribution in [0.2, 0.25) is 5.02 Å². The summed E-state index contributed by atoms with van der Waals surface area (Å²) >= 11 is 11.6. The molecule has 0 saturated carbocycles. The van der Waals surface area contributed by atoms with Crippen molar-refractivity contribution in [1.82, 2.24) is 0 Å². The van der Waals surface area contributed by atoms with Crippen molar-refractivity contribution in [3.05, 3.63) is 47.0 Å². The summed E-state index contributed by atoms with van der Waals surface area (Å²) in [5.41, 5.74) is 2.84. The van der Waals surface area contributed by atoms with Crippen molar-refractivity contribution in [2.75, 3.05) is 24.9 Å². The Labute approximate surface area is 146 Å². The molecule has 2 aromatic rings. The van der Waals surface area contributed by atoms with Gasteiger partial charge in [0.25, 0.3) is 0 Å². The zero-order valence-electron chi connectivity index (χ0n) is 13.3. The van der Waals surface area contributed by atoms with E-state index in [1.807, 2.05) is 18.2 Å². The Kier molecular flexibility index (Phi) is 6.07. The number of methoxy groups -OCH3 is 2. The first kappa shape index (κ1) is 17.4. The smallest absolute Gasteiger partial charge is 0.175 e. The van der Waals surface area contributed by atoms with Gasteiger partial charge in [0.1, 0.15) is 11.5 Å². The molecule has 2 aromatic carbocycles. The van der Waals surface area contributed by atoms with Gasteiger partial charge in [0, 0.05) is 11.8 Å². The first-order chi connectivity index (χ1) is 11.1. The Morgan fingerprint density at radius 3 is 2.35 bits per heavy atom. The highest BCUT2D eigenvalue weighted by molar-refractivity contribution is 7.80. The largest absolute Gasteiger partial charge is 0.495 e. The Balaban J connectivity index is 2.18. The fraction of sp³-hybridized carbons (Fsp3) is 0.235. The van der Waals surface area contributed by atoms with E-state index in [2.05, 4.69) is 23.6 Å². The van der Waals surface area contributed by atoms with E-state index >= 15 is 0 Å². The van der Waals surface area contributed by atoms with Crippen LogP contribution < -0.4 is 20.1 Å². The second kappa shape index (κ2) is 8.04. The fourth-order valence-electron chi connectivity index (χ4n) is 2.18. The summed E-state index contributed by atoms with van der Waals surface area (Å²) in [6.07, 6.45) is 0.920. The standard InChI is InChI=1S/C17H19ClN2O2S/c1-4-11-7-5-6-8-13(11)19-17(23)20-14-9-12(18)15(21-2)10-16(14)22-3/h5-10H,4H2,1-3H3,(H2,19,20,23). The van der Waals surface area contributed by atoms with E-state index < -0.39 is 0 Å². The lowest BCUT2D eigenvalue weighted by Crippen LogP contribution is -2.20. The number of para-hydroxylation sites is 1. The molecule has 0 unspecified atom stereocenters. The van der Waals surface area contributed by atoms with Gasteiger partial charge in [0.05, 0.1) is 24.9 Å². The quantitative estimate of drug-likeness (QED) is 0.763. The number of hydrogen-bond donors (Lipinski definition) is 2. The van der Waals surface area contributed by atoms with E-state index in [1.165, 1.54) is 5.56 Å². The molecule has 0 aliphatic heterocycles. The van der Waals surface area contributed by atoms with Crippen molar-refractivity contribution in [3.8, 4) is 11.5 Å². The molecule has 0 aromatic heterocycles. The minimum atomic E-state index is 0.463. The Hall–Kier alpha value is -1.98. The number of thiocarbonyl (C=S) groups is 1. The highest BCUT2D eigenvalue weighted by Crippen LogP contribution is 2.36. The van der Waals surface area contributed by atoms with Crippen LogP contribution in [0.3, 0.4) is 0 Å². The molecule has 0 heterocycles. The van der Waals surface area contributed by atoms with Crippen LogP contribution in [0.15, 0.2) is 36.4 Å². The molecule has 122 valence electrons. The van der Waals surface area contributed by atoms with Crippen molar-refractivity contribution < 1.29 is 9.47 Å². The molecule has 0 aliphatic carbocycles. The molecule has 2 N–H and O–H groups in total. The topological polar surface area (TPSA) is 42.5 Å². The summed E-state index contributed by atoms with van der Waals surface area (Å²) in [6, 6.07) is 11.5. The third-order valence-corrected chi connectivity index (χ3v) is 3.87. The molecule has 0 radical (unpaired) electrons. The number of aryl methyl sites for hydroxylation is 1. The average molecular weight is 351 g/mol. The number of hydrogen-bond acceptors (Lipinski definition) is 3. The Bertz CT molecular complexity index is 707. The van der Waals surface area contributed by atoms with Crippen LogP contribution in [0.25, 0.3) is 0 Å². The maximum atomic E-state index is 6.17. The zero-order chi connectivity index (χ0) is 16.8. The van der Waals surface area contributed by atoms with Crippen molar-refractivity contribution in [2.24, 2.45) is 0 Å². The van der Waals surface area contributed by atoms with E-state index in [0.717, 1.165) is 12.1 Å². The van der Waals surface area contributed by atoms with Crippen molar-refractivity contribution >= 4 is 40.3 Å². The SMILES string of the molecule is CCc1ccccc1NC(=S)Nc1cc(Cl)c(OC)cc1OC. The summed E-state index contributed by atoms with van der Waals surface area (Å²) in [7, 11) is 3.14. The van der Waals surface area contributed by atoms with Gasteiger partial charge in [0.15, 0.2) is 5.11 Å². The number of benzene rings is 2. The lowest BCUT2D eigenvalue weighted by molar-refractivity contribution is 0.396. The summed E-state index contributed by atoms with van der Waals surface area (Å²) < 4.78 is 10.5. The van der Waals surface area contributed by atoms with Crippen molar-refractivity contribution in [3.63, 3.8) is 0 Å². The maximum absolute atomic E-state index is 6.17. The highest BCUT2D eigenvalue weighted by atomic mass is 35.5. The number of nitrogens with one attached hydrogen (secondary N) is 2. The van der Waals surface area contributed by atoms with Gasteiger partial charge in [-0.05, 0) is 36.3 Å². The molecule has 23 heavy (non-hydrogen) atoms. The Morgan fingerprint density at radius 1 is 1.04 bits per heavy atom. The van der Waals surface area contributed by atoms with E-state index in [9.17, 15) is 0 Å². The minimum absolute atomic E-state index is 0.463. The lowest BCUT2D eigenvalue weighted by Gasteiger charge is -2.16. The second-order valence-corrected chi connectivity index (χ2v) is 5.59. The molecule has 0 spiro atoms. The van der Waals surface area contributed by atoms with Crippen LogP contribution in [0.1, 0.15) is 12.5 Å². The maximum Gasteiger partial charge on any atom is 0.175 e. The third-order valence-electron chi connectivity index (χ3n) is 3.37. The van der Waals surface area contributed by atoms with Gasteiger partial charge in [-0.1, -0.05) is 36.7 Å². The molecular weight excluding hydrogens is 332 g/mol. The summed E-state index contributed by atoms with van der Waals surface area (Å²) in [6.45, 7) is 2.10. The summed E-state index contributed by atoms with van der Waals surface area (Å²) in [5.74, 6) is 1.14. The third kappa shape index (κ3) is 4.27. The molecule has 2 rings (SSSR count). The highest BCUT2D eigenvalue weighted by Gasteiger charge is 2.11. The van der Waals surface area contributed by atoms with Gasteiger partial charge in [0.2, 0.25) is 0 Å². The van der Waals surface area contributed by atoms with Gasteiger partial charge >= 0.3 is 0 Å². The van der Waals surface area contributed by atoms with Gasteiger partial charge in [-0.2, -0.15) is 0 Å². The number of rotatable bonds is 5. The van der Waals surface area contributed by atoms with Gasteiger partial charge in [-0.3, -0.25) is 0 Å². The normalized spacial score (nSPS) is 10.1. The van der Waals surface area contributed by atoms with Gasteiger partial charge in [-0.15, -0.1) is 0 Å². The van der Waals surface area contributed by atoms with Crippen molar-refractivity contribution in [2.45, 2.75) is 13.3 Å². The molecular formula is C17H19ClN2O2S. The molecule has 0 saturated heterocycles. The van der Waals surface area contributed by atoms with Gasteiger partial charge < -0.3 is 20.1 Å². The van der Waals surface area contributed by atoms with Gasteiger partial charge in [-0.25, -0.2) is 0 Å². The summed E-state index contributed by atoms with van der Waals surface area (Å²) in [5, 5.41) is 7.25. The second-order valence-electron chi connectivity index (χ2n) is 4.78. The first-order valence-electron chi connectivity index (χ1n) is 7.16. The fourth-order valence-corrected chi connectivity index (χ4v) is 2.64. The Morgan fingerprint density at radius 2 is 1.70 bits per heavy atom. The van der Waals surface area contributed by atoms with Crippen LogP contribution in [0.5, 0.6) is 11.5 Å². The lowest BCUT2D eigenvalue weighted by atomic mass is 10.1. The van der Waals surface area contributed by atoms with Crippen molar-refractivity contribution in [1.29, 1.82) is 0 Å². The van der Waals surface area contributed by atoms with E-state index in [0.29, 0.717) is 27.3 Å². The average Bonchev–Trinajstić information content (AvgIpc) is 2.55. The molecule has 0 bridgehead atoms. The van der Waals surface area contributed by atoms with E-state index in [-0.39, 0.29) is 0 Å². The molecule has 0 amide bonds. The van der Waals surface area contributed by atoms with Crippen LogP contribution in [0, 0.1) is 0 Å². The van der Waals surface area contributed by atoms with Crippen LogP contribution in [-0.4, -0.2) is 19.3 Å². The predicted molar refractivity (Wildman–Crippen MR) is 100 cm³/mol. The number of ether oxygens (including phenoxy) is 2. The molecule has 6 heteroatoms. The van der Waals surface area contributed by atoms with Crippen LogP contribution >= 0.6 is 23.8 Å². The van der Waals surface area contributed by atoms with E-state index in [1.54, 1.807) is 26.4 Å². The molecule has 4 nitrogen and oxygen atoms in total.